The van der Waals surface area contributed by atoms with Gasteiger partial charge in [-0.25, -0.2) is 9.07 Å². The summed E-state index contributed by atoms with van der Waals surface area (Å²) in [4.78, 5) is -0.0191. The molecule has 0 saturated carbocycles. The second-order valence-corrected chi connectivity index (χ2v) is 5.45. The molecule has 1 atom stereocenters. The Balaban J connectivity index is 1.90. The summed E-state index contributed by atoms with van der Waals surface area (Å²) >= 11 is 0.981. The molecule has 3 aromatic rings. The zero-order chi connectivity index (χ0) is 14.9. The lowest BCUT2D eigenvalue weighted by molar-refractivity contribution is -0.153. The van der Waals surface area contributed by atoms with E-state index < -0.39 is 12.2 Å². The Hall–Kier alpha value is -2.08. The highest BCUT2D eigenvalue weighted by Gasteiger charge is 2.44. The first-order chi connectivity index (χ1) is 10.1. The average Bonchev–Trinajstić information content (AvgIpc) is 3.19. The highest BCUT2D eigenvalue weighted by Crippen LogP contribution is 2.42. The standard InChI is InChI=1S/C15H11F3N2S/c16-14(15(17,18)20-8-4-7-19-20)13-9-12(10-21-13)11-5-2-1-3-6-11/h1-10,14H. The maximum absolute atomic E-state index is 14.2. The smallest absolute Gasteiger partial charge is 0.232 e. The third kappa shape index (κ3) is 2.58. The fourth-order valence-corrected chi connectivity index (χ4v) is 2.92. The first-order valence-electron chi connectivity index (χ1n) is 6.25. The molecule has 21 heavy (non-hydrogen) atoms. The number of nitrogens with zero attached hydrogens (tertiary/aromatic N) is 2. The summed E-state index contributed by atoms with van der Waals surface area (Å²) < 4.78 is 42.6. The van der Waals surface area contributed by atoms with Gasteiger partial charge in [-0.2, -0.15) is 13.9 Å². The minimum Gasteiger partial charge on any atom is -0.232 e. The van der Waals surface area contributed by atoms with Gasteiger partial charge in [-0.1, -0.05) is 30.3 Å². The van der Waals surface area contributed by atoms with Crippen LogP contribution in [0.3, 0.4) is 0 Å². The summed E-state index contributed by atoms with van der Waals surface area (Å²) in [5.74, 6) is 0. The van der Waals surface area contributed by atoms with Crippen molar-refractivity contribution in [3.8, 4) is 11.1 Å². The molecule has 0 spiro atoms. The van der Waals surface area contributed by atoms with Crippen LogP contribution in [0.25, 0.3) is 11.1 Å². The van der Waals surface area contributed by atoms with Crippen molar-refractivity contribution in [3.05, 3.63) is 65.1 Å². The van der Waals surface area contributed by atoms with Gasteiger partial charge in [0.05, 0.1) is 0 Å². The molecule has 0 aliphatic heterocycles. The Bertz CT molecular complexity index is 708. The second kappa shape index (κ2) is 5.37. The molecule has 2 heterocycles. The maximum atomic E-state index is 14.2. The average molecular weight is 308 g/mol. The lowest BCUT2D eigenvalue weighted by atomic mass is 10.1. The molecule has 3 rings (SSSR count). The van der Waals surface area contributed by atoms with Crippen LogP contribution < -0.4 is 0 Å². The van der Waals surface area contributed by atoms with Gasteiger partial charge in [-0.3, -0.25) is 0 Å². The molecule has 1 aromatic carbocycles. The van der Waals surface area contributed by atoms with E-state index in [0.29, 0.717) is 4.68 Å². The van der Waals surface area contributed by atoms with E-state index in [0.717, 1.165) is 28.7 Å². The molecule has 0 bridgehead atoms. The highest BCUT2D eigenvalue weighted by atomic mass is 32.1. The normalized spacial score (nSPS) is 13.3. The summed E-state index contributed by atoms with van der Waals surface area (Å²) in [5, 5.41) is 5.11. The Labute approximate surface area is 123 Å². The molecule has 2 aromatic heterocycles. The van der Waals surface area contributed by atoms with Crippen LogP contribution in [-0.4, -0.2) is 9.78 Å². The molecule has 0 fully saturated rings. The van der Waals surface area contributed by atoms with E-state index >= 15 is 0 Å². The van der Waals surface area contributed by atoms with Gasteiger partial charge in [0.1, 0.15) is 0 Å². The predicted molar refractivity (Wildman–Crippen MR) is 76.0 cm³/mol. The van der Waals surface area contributed by atoms with Crippen LogP contribution in [0.4, 0.5) is 13.2 Å². The predicted octanol–water partition coefficient (Wildman–Crippen LogP) is 4.87. The van der Waals surface area contributed by atoms with E-state index in [4.69, 9.17) is 0 Å². The molecule has 108 valence electrons. The van der Waals surface area contributed by atoms with Crippen molar-refractivity contribution in [2.24, 2.45) is 0 Å². The third-order valence-electron chi connectivity index (χ3n) is 3.09. The topological polar surface area (TPSA) is 17.8 Å². The van der Waals surface area contributed by atoms with Gasteiger partial charge in [0.25, 0.3) is 0 Å². The lowest BCUT2D eigenvalue weighted by Crippen LogP contribution is -2.28. The molecule has 0 N–H and O–H groups in total. The highest BCUT2D eigenvalue weighted by molar-refractivity contribution is 7.10. The van der Waals surface area contributed by atoms with Crippen LogP contribution in [0.15, 0.2) is 60.2 Å². The van der Waals surface area contributed by atoms with Crippen molar-refractivity contribution in [1.82, 2.24) is 9.78 Å². The number of hydrogen-bond acceptors (Lipinski definition) is 2. The Kier molecular flexibility index (Phi) is 3.55. The fourth-order valence-electron chi connectivity index (χ4n) is 2.00. The Morgan fingerprint density at radius 2 is 1.86 bits per heavy atom. The monoisotopic (exact) mass is 308 g/mol. The number of alkyl halides is 3. The largest absolute Gasteiger partial charge is 0.379 e. The summed E-state index contributed by atoms with van der Waals surface area (Å²) in [6.45, 7) is 0. The van der Waals surface area contributed by atoms with Gasteiger partial charge in [-0.05, 0) is 28.6 Å². The van der Waals surface area contributed by atoms with Gasteiger partial charge < -0.3 is 0 Å². The summed E-state index contributed by atoms with van der Waals surface area (Å²) in [6, 6.07) is 8.35. The van der Waals surface area contributed by atoms with E-state index in [9.17, 15) is 13.2 Å². The Morgan fingerprint density at radius 1 is 1.10 bits per heavy atom. The third-order valence-corrected chi connectivity index (χ3v) is 4.06. The molecule has 1 unspecified atom stereocenters. The summed E-state index contributed by atoms with van der Waals surface area (Å²) in [7, 11) is 0. The Morgan fingerprint density at radius 3 is 2.52 bits per heavy atom. The molecule has 0 saturated heterocycles. The minimum atomic E-state index is -3.71. The van der Waals surface area contributed by atoms with E-state index in [1.165, 1.54) is 18.3 Å². The number of rotatable bonds is 4. The van der Waals surface area contributed by atoms with Crippen molar-refractivity contribution in [1.29, 1.82) is 0 Å². The van der Waals surface area contributed by atoms with Crippen LogP contribution in [-0.2, 0) is 6.05 Å². The van der Waals surface area contributed by atoms with E-state index in [1.807, 2.05) is 30.3 Å². The van der Waals surface area contributed by atoms with Crippen LogP contribution in [0.1, 0.15) is 11.0 Å². The number of benzene rings is 1. The molecular formula is C15H11F3N2S. The summed E-state index contributed by atoms with van der Waals surface area (Å²) in [5.41, 5.74) is 1.60. The molecule has 0 amide bonds. The van der Waals surface area contributed by atoms with Crippen molar-refractivity contribution >= 4 is 11.3 Å². The van der Waals surface area contributed by atoms with Gasteiger partial charge in [-0.15, -0.1) is 11.3 Å². The fraction of sp³-hybridized carbons (Fsp3) is 0.133. The number of aromatic nitrogens is 2. The zero-order valence-corrected chi connectivity index (χ0v) is 11.6. The van der Waals surface area contributed by atoms with E-state index in [-0.39, 0.29) is 4.88 Å². The molecule has 2 nitrogen and oxygen atoms in total. The molecule has 0 aliphatic rings. The van der Waals surface area contributed by atoms with Gasteiger partial charge >= 0.3 is 6.05 Å². The first-order valence-corrected chi connectivity index (χ1v) is 7.13. The molecule has 6 heteroatoms. The summed E-state index contributed by atoms with van der Waals surface area (Å²) in [6.07, 6.45) is -0.178. The van der Waals surface area contributed by atoms with Crippen LogP contribution in [0.5, 0.6) is 0 Å². The zero-order valence-electron chi connectivity index (χ0n) is 10.8. The van der Waals surface area contributed by atoms with Gasteiger partial charge in [0.15, 0.2) is 0 Å². The second-order valence-electron chi connectivity index (χ2n) is 4.50. The molecular weight excluding hydrogens is 297 g/mol. The minimum absolute atomic E-state index is 0.0191. The quantitative estimate of drug-likeness (QED) is 0.672. The van der Waals surface area contributed by atoms with Crippen molar-refractivity contribution in [2.75, 3.05) is 0 Å². The lowest BCUT2D eigenvalue weighted by Gasteiger charge is -2.19. The molecule has 0 radical (unpaired) electrons. The van der Waals surface area contributed by atoms with Gasteiger partial charge in [0, 0.05) is 17.3 Å². The van der Waals surface area contributed by atoms with Gasteiger partial charge in [0.2, 0.25) is 6.17 Å². The van der Waals surface area contributed by atoms with Crippen molar-refractivity contribution in [2.45, 2.75) is 12.2 Å². The maximum Gasteiger partial charge on any atom is 0.379 e. The molecule has 0 aliphatic carbocycles. The van der Waals surface area contributed by atoms with E-state index in [2.05, 4.69) is 5.10 Å². The van der Waals surface area contributed by atoms with Crippen LogP contribution in [0.2, 0.25) is 0 Å². The van der Waals surface area contributed by atoms with Crippen LogP contribution >= 0.6 is 11.3 Å². The SMILES string of the molecule is FC(c1cc(-c2ccccc2)cs1)C(F)(F)n1cccn1. The van der Waals surface area contributed by atoms with Crippen LogP contribution in [0, 0.1) is 0 Å². The number of hydrogen-bond donors (Lipinski definition) is 0. The number of halogens is 3. The van der Waals surface area contributed by atoms with Crippen molar-refractivity contribution < 1.29 is 13.2 Å². The van der Waals surface area contributed by atoms with Crippen molar-refractivity contribution in [3.63, 3.8) is 0 Å². The number of thiophene rings is 1. The van der Waals surface area contributed by atoms with E-state index in [1.54, 1.807) is 5.38 Å². The first kappa shape index (κ1) is 13.9.